The summed E-state index contributed by atoms with van der Waals surface area (Å²) >= 11 is 6.47. The van der Waals surface area contributed by atoms with Gasteiger partial charge in [-0.1, -0.05) is 17.7 Å². The number of aromatic nitrogens is 7. The van der Waals surface area contributed by atoms with Gasteiger partial charge in [0.15, 0.2) is 0 Å². The molecule has 1 N–H and O–H groups in total. The molecular formula is C34H44ClN9O4. The Bertz CT molecular complexity index is 1600. The van der Waals surface area contributed by atoms with Crippen LogP contribution in [-0.4, -0.2) is 97.2 Å². The molecule has 0 radical (unpaired) electrons. The molecule has 3 aromatic heterocycles. The normalized spacial score (nSPS) is 23.2. The molecule has 14 heteroatoms. The maximum Gasteiger partial charge on any atom is 0.256 e. The third-order valence-corrected chi connectivity index (χ3v) is 9.90. The van der Waals surface area contributed by atoms with Crippen LogP contribution in [0.4, 0.5) is 11.6 Å². The molecule has 4 aromatic rings. The number of nitrogens with zero attached hydrogens (tertiary/aromatic N) is 8. The largest absolute Gasteiger partial charge is 0.487 e. The molecule has 13 nitrogen and oxygen atoms in total. The van der Waals surface area contributed by atoms with Gasteiger partial charge < -0.3 is 24.3 Å². The van der Waals surface area contributed by atoms with Gasteiger partial charge >= 0.3 is 0 Å². The lowest BCUT2D eigenvalue weighted by Gasteiger charge is -2.43. The topological polar surface area (TPSA) is 127 Å². The van der Waals surface area contributed by atoms with Gasteiger partial charge in [0.1, 0.15) is 30.2 Å². The summed E-state index contributed by atoms with van der Waals surface area (Å²) in [6.45, 7) is 5.42. The van der Waals surface area contributed by atoms with E-state index in [1.54, 1.807) is 30.5 Å². The van der Waals surface area contributed by atoms with Gasteiger partial charge in [-0.25, -0.2) is 19.6 Å². The van der Waals surface area contributed by atoms with Crippen LogP contribution >= 0.6 is 11.6 Å². The Balaban J connectivity index is 1.01. The van der Waals surface area contributed by atoms with Gasteiger partial charge in [-0.2, -0.15) is 5.10 Å². The lowest BCUT2D eigenvalue weighted by atomic mass is 9.89. The Hall–Kier alpha value is -3.78. The Kier molecular flexibility index (Phi) is 10.4. The van der Waals surface area contributed by atoms with E-state index in [1.807, 2.05) is 31.3 Å². The summed E-state index contributed by atoms with van der Waals surface area (Å²) in [5, 5.41) is 12.9. The van der Waals surface area contributed by atoms with Gasteiger partial charge in [0.05, 0.1) is 43.6 Å². The molecule has 0 amide bonds. The van der Waals surface area contributed by atoms with Crippen LogP contribution in [0.1, 0.15) is 57.9 Å². The first-order valence-corrected chi connectivity index (χ1v) is 17.4. The first-order valence-electron chi connectivity index (χ1n) is 17.0. The van der Waals surface area contributed by atoms with E-state index < -0.39 is 0 Å². The summed E-state index contributed by atoms with van der Waals surface area (Å²) in [5.74, 6) is 1.59. The third-order valence-electron chi connectivity index (χ3n) is 9.59. The van der Waals surface area contributed by atoms with Crippen molar-refractivity contribution in [2.24, 2.45) is 0 Å². The van der Waals surface area contributed by atoms with E-state index in [-0.39, 0.29) is 6.10 Å². The second kappa shape index (κ2) is 15.2. The second-order valence-electron chi connectivity index (χ2n) is 13.0. The predicted molar refractivity (Wildman–Crippen MR) is 181 cm³/mol. The lowest BCUT2D eigenvalue weighted by Crippen LogP contribution is -2.52. The number of ether oxygens (including phenoxy) is 4. The standard InChI is InChI=1S/C34H44ClN9O4/c1-23(17-42-22-36-21-39-42)48-32-14-24(4-11-30(32)35)25-15-37-34(38-16-25)40-31-18-43(41-33(31)47-13-3-12-45-2)26-5-7-27(8-6-26)44-28-9-10-29(44)20-46-19-28/h4,11,14-16,18,21-23,26-29H,3,5-10,12-13,17,19-20H2,1-2H3,(H,37,38,40)/t23?,26?,27?,28-,29+. The molecule has 1 aromatic carbocycles. The van der Waals surface area contributed by atoms with E-state index >= 15 is 0 Å². The summed E-state index contributed by atoms with van der Waals surface area (Å²) in [7, 11) is 1.70. The quantitative estimate of drug-likeness (QED) is 0.169. The summed E-state index contributed by atoms with van der Waals surface area (Å²) in [6.07, 6.45) is 16.4. The molecule has 7 rings (SSSR count). The SMILES string of the molecule is COCCCOc1nn(C2CCC(N3[C@@H]4CC[C@H]3COC4)CC2)cc1Nc1ncc(-c2ccc(Cl)c(OC(C)Cn3cncn3)c2)cn1. The Morgan fingerprint density at radius 2 is 1.73 bits per heavy atom. The molecule has 48 heavy (non-hydrogen) atoms. The van der Waals surface area contributed by atoms with Gasteiger partial charge in [0.25, 0.3) is 5.88 Å². The maximum absolute atomic E-state index is 6.47. The highest BCUT2D eigenvalue weighted by Gasteiger charge is 2.42. The van der Waals surface area contributed by atoms with Crippen molar-refractivity contribution in [1.29, 1.82) is 0 Å². The molecule has 3 atom stereocenters. The van der Waals surface area contributed by atoms with E-state index in [9.17, 15) is 0 Å². The molecule has 1 aliphatic carbocycles. The number of halogens is 1. The molecule has 1 saturated carbocycles. The molecule has 256 valence electrons. The zero-order chi connectivity index (χ0) is 32.9. The van der Waals surface area contributed by atoms with Crippen LogP contribution in [0.25, 0.3) is 11.1 Å². The average Bonchev–Trinajstić information content (AvgIpc) is 3.82. The molecule has 3 fully saturated rings. The molecule has 2 bridgehead atoms. The Morgan fingerprint density at radius 3 is 2.46 bits per heavy atom. The van der Waals surface area contributed by atoms with Crippen LogP contribution < -0.4 is 14.8 Å². The minimum absolute atomic E-state index is 0.163. The monoisotopic (exact) mass is 677 g/mol. The van der Waals surface area contributed by atoms with Gasteiger partial charge in [-0.05, 0) is 63.1 Å². The zero-order valence-electron chi connectivity index (χ0n) is 27.6. The highest BCUT2D eigenvalue weighted by molar-refractivity contribution is 6.32. The molecule has 5 heterocycles. The van der Waals surface area contributed by atoms with Gasteiger partial charge in [0, 0.05) is 56.2 Å². The van der Waals surface area contributed by atoms with E-state index in [1.165, 1.54) is 32.0 Å². The number of nitrogens with one attached hydrogen (secondary N) is 1. The number of methoxy groups -OCH3 is 1. The number of hydrogen-bond donors (Lipinski definition) is 1. The second-order valence-corrected chi connectivity index (χ2v) is 13.4. The predicted octanol–water partition coefficient (Wildman–Crippen LogP) is 5.56. The van der Waals surface area contributed by atoms with Gasteiger partial charge in [-0.3, -0.25) is 9.58 Å². The molecule has 0 spiro atoms. The van der Waals surface area contributed by atoms with Crippen LogP contribution in [-0.2, 0) is 16.0 Å². The van der Waals surface area contributed by atoms with Gasteiger partial charge in [-0.15, -0.1) is 5.10 Å². The molecule has 3 aliphatic rings. The van der Waals surface area contributed by atoms with Gasteiger partial charge in [0.2, 0.25) is 5.95 Å². The van der Waals surface area contributed by atoms with Crippen molar-refractivity contribution in [3.63, 3.8) is 0 Å². The number of morpholine rings is 1. The molecule has 2 saturated heterocycles. The zero-order valence-corrected chi connectivity index (χ0v) is 28.3. The number of benzene rings is 1. The fourth-order valence-corrected chi connectivity index (χ4v) is 7.45. The number of anilines is 2. The van der Waals surface area contributed by atoms with E-state index in [0.29, 0.717) is 66.5 Å². The molecule has 2 aliphatic heterocycles. The van der Waals surface area contributed by atoms with Crippen molar-refractivity contribution >= 4 is 23.2 Å². The van der Waals surface area contributed by atoms with E-state index in [2.05, 4.69) is 34.9 Å². The highest BCUT2D eigenvalue weighted by atomic mass is 35.5. The maximum atomic E-state index is 6.47. The minimum atomic E-state index is -0.163. The molecule has 1 unspecified atom stereocenters. The smallest absolute Gasteiger partial charge is 0.256 e. The summed E-state index contributed by atoms with van der Waals surface area (Å²) in [4.78, 5) is 16.0. The first kappa shape index (κ1) is 32.8. The average molecular weight is 678 g/mol. The number of hydrogen-bond acceptors (Lipinski definition) is 11. The minimum Gasteiger partial charge on any atom is -0.487 e. The third kappa shape index (κ3) is 7.59. The molecular weight excluding hydrogens is 634 g/mol. The summed E-state index contributed by atoms with van der Waals surface area (Å²) in [5.41, 5.74) is 2.48. The van der Waals surface area contributed by atoms with Crippen molar-refractivity contribution in [2.75, 3.05) is 38.9 Å². The fourth-order valence-electron chi connectivity index (χ4n) is 7.28. The fraction of sp³-hybridized carbons (Fsp3) is 0.559. The van der Waals surface area contributed by atoms with Crippen LogP contribution in [0.3, 0.4) is 0 Å². The first-order chi connectivity index (χ1) is 23.5. The van der Waals surface area contributed by atoms with Crippen molar-refractivity contribution < 1.29 is 18.9 Å². The van der Waals surface area contributed by atoms with Crippen molar-refractivity contribution in [3.05, 3.63) is 54.5 Å². The van der Waals surface area contributed by atoms with E-state index in [0.717, 1.165) is 49.3 Å². The number of fused-ring (bicyclic) bond motifs is 2. The van der Waals surface area contributed by atoms with Crippen LogP contribution in [0.15, 0.2) is 49.4 Å². The van der Waals surface area contributed by atoms with Crippen LogP contribution in [0.5, 0.6) is 11.6 Å². The van der Waals surface area contributed by atoms with E-state index in [4.69, 9.17) is 35.6 Å². The van der Waals surface area contributed by atoms with Crippen molar-refractivity contribution in [2.45, 2.75) is 88.7 Å². The Morgan fingerprint density at radius 1 is 0.979 bits per heavy atom. The van der Waals surface area contributed by atoms with Crippen LogP contribution in [0.2, 0.25) is 5.02 Å². The lowest BCUT2D eigenvalue weighted by molar-refractivity contribution is -0.0458. The number of rotatable bonds is 14. The summed E-state index contributed by atoms with van der Waals surface area (Å²) < 4.78 is 27.1. The van der Waals surface area contributed by atoms with Crippen molar-refractivity contribution in [3.8, 4) is 22.8 Å². The van der Waals surface area contributed by atoms with Crippen molar-refractivity contribution in [1.82, 2.24) is 39.4 Å². The summed E-state index contributed by atoms with van der Waals surface area (Å²) in [6, 6.07) is 7.80. The Labute approximate surface area is 285 Å². The highest BCUT2D eigenvalue weighted by Crippen LogP contribution is 2.39. The van der Waals surface area contributed by atoms with Crippen LogP contribution in [0, 0.1) is 0 Å².